The van der Waals surface area contributed by atoms with E-state index in [4.69, 9.17) is 9.47 Å². The van der Waals surface area contributed by atoms with Gasteiger partial charge in [0.25, 0.3) is 5.91 Å². The molecule has 0 spiro atoms. The standard InChI is InChI=1S/C20H22N2O4/c1-25-17-4-2-5-18(14-17)26-13-11-21-20(24)15-7-9-16(10-8-15)22-12-3-6-19(22)23/h2,4-5,7-10,14H,3,6,11-13H2,1H3,(H,21,24). The maximum absolute atomic E-state index is 12.2. The van der Waals surface area contributed by atoms with E-state index in [9.17, 15) is 9.59 Å². The Labute approximate surface area is 152 Å². The lowest BCUT2D eigenvalue weighted by Crippen LogP contribution is -2.28. The molecule has 1 heterocycles. The number of anilines is 1. The van der Waals surface area contributed by atoms with E-state index in [0.29, 0.717) is 30.9 Å². The summed E-state index contributed by atoms with van der Waals surface area (Å²) in [5.74, 6) is 1.39. The molecule has 1 aliphatic rings. The van der Waals surface area contributed by atoms with Crippen molar-refractivity contribution in [3.63, 3.8) is 0 Å². The molecular formula is C20H22N2O4. The average Bonchev–Trinajstić information content (AvgIpc) is 3.11. The Morgan fingerprint density at radius 1 is 1.15 bits per heavy atom. The van der Waals surface area contributed by atoms with Gasteiger partial charge >= 0.3 is 0 Å². The van der Waals surface area contributed by atoms with E-state index in [-0.39, 0.29) is 11.8 Å². The minimum atomic E-state index is -0.168. The number of hydrogen-bond acceptors (Lipinski definition) is 4. The molecule has 0 aliphatic carbocycles. The van der Waals surface area contributed by atoms with Crippen LogP contribution in [0.25, 0.3) is 0 Å². The highest BCUT2D eigenvalue weighted by molar-refractivity contribution is 5.97. The zero-order chi connectivity index (χ0) is 18.4. The molecule has 2 aromatic carbocycles. The van der Waals surface area contributed by atoms with Crippen LogP contribution in [0.4, 0.5) is 5.69 Å². The molecule has 2 aromatic rings. The zero-order valence-electron chi connectivity index (χ0n) is 14.7. The Bertz CT molecular complexity index is 774. The van der Waals surface area contributed by atoms with Crippen LogP contribution < -0.4 is 19.7 Å². The maximum Gasteiger partial charge on any atom is 0.251 e. The van der Waals surface area contributed by atoms with Crippen molar-refractivity contribution < 1.29 is 19.1 Å². The first-order valence-corrected chi connectivity index (χ1v) is 8.63. The Kier molecular flexibility index (Phi) is 5.73. The molecule has 1 N–H and O–H groups in total. The van der Waals surface area contributed by atoms with Crippen molar-refractivity contribution in [2.45, 2.75) is 12.8 Å². The van der Waals surface area contributed by atoms with E-state index < -0.39 is 0 Å². The molecule has 0 atom stereocenters. The molecule has 26 heavy (non-hydrogen) atoms. The van der Waals surface area contributed by atoms with Gasteiger partial charge in [0, 0.05) is 30.3 Å². The zero-order valence-corrected chi connectivity index (χ0v) is 14.7. The highest BCUT2D eigenvalue weighted by Crippen LogP contribution is 2.21. The molecule has 0 bridgehead atoms. The van der Waals surface area contributed by atoms with Gasteiger partial charge in [0.05, 0.1) is 13.7 Å². The summed E-state index contributed by atoms with van der Waals surface area (Å²) in [5, 5.41) is 2.82. The third-order valence-electron chi connectivity index (χ3n) is 4.21. The summed E-state index contributed by atoms with van der Waals surface area (Å²) in [6.07, 6.45) is 1.48. The van der Waals surface area contributed by atoms with Crippen molar-refractivity contribution in [2.75, 3.05) is 31.7 Å². The van der Waals surface area contributed by atoms with E-state index in [2.05, 4.69) is 5.32 Å². The van der Waals surface area contributed by atoms with Crippen LogP contribution >= 0.6 is 0 Å². The monoisotopic (exact) mass is 354 g/mol. The molecule has 6 nitrogen and oxygen atoms in total. The summed E-state index contributed by atoms with van der Waals surface area (Å²) in [4.78, 5) is 25.7. The largest absolute Gasteiger partial charge is 0.497 e. The van der Waals surface area contributed by atoms with Crippen molar-refractivity contribution in [2.24, 2.45) is 0 Å². The fourth-order valence-electron chi connectivity index (χ4n) is 2.84. The number of carbonyl (C=O) groups excluding carboxylic acids is 2. The Morgan fingerprint density at radius 2 is 1.92 bits per heavy atom. The second-order valence-electron chi connectivity index (χ2n) is 5.98. The maximum atomic E-state index is 12.2. The lowest BCUT2D eigenvalue weighted by molar-refractivity contribution is -0.117. The number of rotatable bonds is 7. The topological polar surface area (TPSA) is 67.9 Å². The quantitative estimate of drug-likeness (QED) is 0.776. The molecule has 1 saturated heterocycles. The van der Waals surface area contributed by atoms with Crippen LogP contribution in [0.2, 0.25) is 0 Å². The number of amides is 2. The van der Waals surface area contributed by atoms with Crippen LogP contribution in [0, 0.1) is 0 Å². The first kappa shape index (κ1) is 17.8. The highest BCUT2D eigenvalue weighted by Gasteiger charge is 2.21. The Hall–Kier alpha value is -3.02. The minimum absolute atomic E-state index is 0.136. The van der Waals surface area contributed by atoms with Crippen LogP contribution in [0.3, 0.4) is 0 Å². The van der Waals surface area contributed by atoms with Gasteiger partial charge in [0.2, 0.25) is 5.91 Å². The lowest BCUT2D eigenvalue weighted by atomic mass is 10.2. The summed E-state index contributed by atoms with van der Waals surface area (Å²) >= 11 is 0. The van der Waals surface area contributed by atoms with Crippen LogP contribution in [-0.4, -0.2) is 38.6 Å². The van der Waals surface area contributed by atoms with Gasteiger partial charge in [-0.3, -0.25) is 9.59 Å². The summed E-state index contributed by atoms with van der Waals surface area (Å²) in [5.41, 5.74) is 1.40. The third-order valence-corrected chi connectivity index (χ3v) is 4.21. The SMILES string of the molecule is COc1cccc(OCCNC(=O)c2ccc(N3CCCC3=O)cc2)c1. The molecule has 0 aromatic heterocycles. The molecule has 1 aliphatic heterocycles. The van der Waals surface area contributed by atoms with Gasteiger partial charge in [-0.25, -0.2) is 0 Å². The first-order chi connectivity index (χ1) is 12.7. The second-order valence-corrected chi connectivity index (χ2v) is 5.98. The number of methoxy groups -OCH3 is 1. The van der Waals surface area contributed by atoms with Crippen LogP contribution in [0.15, 0.2) is 48.5 Å². The third kappa shape index (κ3) is 4.33. The van der Waals surface area contributed by atoms with E-state index in [1.54, 1.807) is 30.2 Å². The van der Waals surface area contributed by atoms with Gasteiger partial charge in [-0.05, 0) is 42.8 Å². The number of nitrogens with one attached hydrogen (secondary N) is 1. The number of carbonyl (C=O) groups is 2. The minimum Gasteiger partial charge on any atom is -0.497 e. The van der Waals surface area contributed by atoms with Crippen LogP contribution in [0.5, 0.6) is 11.5 Å². The molecule has 6 heteroatoms. The van der Waals surface area contributed by atoms with E-state index in [1.165, 1.54) is 0 Å². The van der Waals surface area contributed by atoms with Gasteiger partial charge in [0.1, 0.15) is 18.1 Å². The van der Waals surface area contributed by atoms with Crippen LogP contribution in [0.1, 0.15) is 23.2 Å². The van der Waals surface area contributed by atoms with Crippen molar-refractivity contribution in [1.82, 2.24) is 5.32 Å². The normalized spacial score (nSPS) is 13.6. The molecule has 136 valence electrons. The molecule has 0 saturated carbocycles. The summed E-state index contributed by atoms with van der Waals surface area (Å²) in [6.45, 7) is 1.49. The van der Waals surface area contributed by atoms with E-state index in [1.807, 2.05) is 30.3 Å². The predicted molar refractivity (Wildman–Crippen MR) is 98.9 cm³/mol. The lowest BCUT2D eigenvalue weighted by Gasteiger charge is -2.15. The Morgan fingerprint density at radius 3 is 2.62 bits per heavy atom. The molecule has 0 radical (unpaired) electrons. The molecule has 3 rings (SSSR count). The van der Waals surface area contributed by atoms with Gasteiger partial charge in [-0.1, -0.05) is 6.07 Å². The summed E-state index contributed by atoms with van der Waals surface area (Å²) in [7, 11) is 1.60. The molecule has 0 unspecified atom stereocenters. The Balaban J connectivity index is 1.46. The van der Waals surface area contributed by atoms with Gasteiger partial charge in [0.15, 0.2) is 0 Å². The van der Waals surface area contributed by atoms with Gasteiger partial charge in [-0.2, -0.15) is 0 Å². The van der Waals surface area contributed by atoms with Gasteiger partial charge in [-0.15, -0.1) is 0 Å². The summed E-state index contributed by atoms with van der Waals surface area (Å²) < 4.78 is 10.7. The smallest absolute Gasteiger partial charge is 0.251 e. The first-order valence-electron chi connectivity index (χ1n) is 8.63. The van der Waals surface area contributed by atoms with Crippen molar-refractivity contribution in [3.8, 4) is 11.5 Å². The van der Waals surface area contributed by atoms with Crippen molar-refractivity contribution >= 4 is 17.5 Å². The van der Waals surface area contributed by atoms with E-state index >= 15 is 0 Å². The highest BCUT2D eigenvalue weighted by atomic mass is 16.5. The van der Waals surface area contributed by atoms with E-state index in [0.717, 1.165) is 24.4 Å². The fourth-order valence-corrected chi connectivity index (χ4v) is 2.84. The number of hydrogen-bond donors (Lipinski definition) is 1. The van der Waals surface area contributed by atoms with Crippen LogP contribution in [-0.2, 0) is 4.79 Å². The summed E-state index contributed by atoms with van der Waals surface area (Å²) in [6, 6.07) is 14.4. The van der Waals surface area contributed by atoms with Gasteiger partial charge < -0.3 is 19.7 Å². The molecule has 1 fully saturated rings. The number of ether oxygens (including phenoxy) is 2. The van der Waals surface area contributed by atoms with Crippen molar-refractivity contribution in [3.05, 3.63) is 54.1 Å². The molecule has 2 amide bonds. The predicted octanol–water partition coefficient (Wildman–Crippen LogP) is 2.63. The molecular weight excluding hydrogens is 332 g/mol. The average molecular weight is 354 g/mol. The second kappa shape index (κ2) is 8.38. The van der Waals surface area contributed by atoms with Crippen molar-refractivity contribution in [1.29, 1.82) is 0 Å². The number of nitrogens with zero attached hydrogens (tertiary/aromatic N) is 1. The fraction of sp³-hybridized carbons (Fsp3) is 0.300. The number of benzene rings is 2.